The second-order valence-electron chi connectivity index (χ2n) is 4.71. The number of benzene rings is 1. The molecular weight excluding hydrogens is 339 g/mol. The fraction of sp³-hybridized carbons (Fsp3) is 0.500. The van der Waals surface area contributed by atoms with E-state index in [0.29, 0.717) is 0 Å². The highest BCUT2D eigenvalue weighted by Gasteiger charge is 2.44. The van der Waals surface area contributed by atoms with Crippen LogP contribution in [0.25, 0.3) is 0 Å². The van der Waals surface area contributed by atoms with Gasteiger partial charge in [-0.1, -0.05) is 72.1 Å². The molecule has 120 valence electrons. The predicted molar refractivity (Wildman–Crippen MR) is 85.2 cm³/mol. The van der Waals surface area contributed by atoms with E-state index in [2.05, 4.69) is 4.74 Å². The molecule has 1 aromatic rings. The third-order valence-corrected chi connectivity index (χ3v) is 3.96. The van der Waals surface area contributed by atoms with Crippen molar-refractivity contribution in [2.45, 2.75) is 42.7 Å². The van der Waals surface area contributed by atoms with Gasteiger partial charge in [0, 0.05) is 0 Å². The zero-order valence-corrected chi connectivity index (χ0v) is 14.3. The predicted octanol–water partition coefficient (Wildman–Crippen LogP) is 4.96. The van der Waals surface area contributed by atoms with Gasteiger partial charge in [0.1, 0.15) is 0 Å². The Morgan fingerprint density at radius 1 is 1.24 bits per heavy atom. The van der Waals surface area contributed by atoms with Gasteiger partial charge < -0.3 is 14.9 Å². The average molecular weight is 358 g/mol. The number of halogens is 3. The Morgan fingerprint density at radius 2 is 1.71 bits per heavy atom. The van der Waals surface area contributed by atoms with E-state index in [1.165, 1.54) is 13.8 Å². The van der Waals surface area contributed by atoms with Crippen LogP contribution >= 0.6 is 34.8 Å². The van der Waals surface area contributed by atoms with E-state index in [1.54, 1.807) is 0 Å². The van der Waals surface area contributed by atoms with Crippen LogP contribution in [0.2, 0.25) is 0 Å². The molecule has 0 bridgehead atoms. The number of hydrogen-bond donors (Lipinski definition) is 2. The Bertz CT molecular complexity index is 430. The van der Waals surface area contributed by atoms with Crippen molar-refractivity contribution in [3.05, 3.63) is 35.9 Å². The molecule has 0 spiro atoms. The first kappa shape index (κ1) is 20.3. The molecule has 21 heavy (non-hydrogen) atoms. The van der Waals surface area contributed by atoms with Gasteiger partial charge in [0.2, 0.25) is 3.79 Å². The van der Waals surface area contributed by atoms with E-state index in [1.807, 2.05) is 37.3 Å². The van der Waals surface area contributed by atoms with Crippen molar-refractivity contribution in [1.82, 2.24) is 0 Å². The first-order chi connectivity index (χ1) is 9.51. The lowest BCUT2D eigenvalue weighted by Crippen LogP contribution is -2.40. The zero-order valence-electron chi connectivity index (χ0n) is 12.0. The Hall–Kier alpha value is -0.680. The minimum atomic E-state index is -1.76. The largest absolute Gasteiger partial charge is 0.506 e. The quantitative estimate of drug-likeness (QED) is 0.592. The number of hydrogen-bond acceptors (Lipinski definition) is 3. The molecule has 0 saturated carbocycles. The Kier molecular flexibility index (Phi) is 8.41. The number of carboxylic acid groups (broad SMARTS) is 1. The molecule has 4 nitrogen and oxygen atoms in total. The summed E-state index contributed by atoms with van der Waals surface area (Å²) in [6.07, 6.45) is -0.980. The van der Waals surface area contributed by atoms with Crippen LogP contribution in [-0.4, -0.2) is 25.8 Å². The van der Waals surface area contributed by atoms with Crippen molar-refractivity contribution in [3.63, 3.8) is 0 Å². The molecule has 0 radical (unpaired) electrons. The second kappa shape index (κ2) is 8.69. The first-order valence-electron chi connectivity index (χ1n) is 6.23. The maximum Gasteiger partial charge on any atom is 0.506 e. The van der Waals surface area contributed by atoms with Gasteiger partial charge in [0.05, 0.1) is 6.10 Å². The van der Waals surface area contributed by atoms with Gasteiger partial charge in [-0.3, -0.25) is 0 Å². The molecule has 0 aliphatic rings. The van der Waals surface area contributed by atoms with Gasteiger partial charge in [-0.05, 0) is 25.8 Å². The van der Waals surface area contributed by atoms with Gasteiger partial charge in [-0.25, -0.2) is 4.79 Å². The number of aliphatic hydroxyl groups excluding tert-OH is 1. The highest BCUT2D eigenvalue weighted by Crippen LogP contribution is 2.40. The molecule has 7 heteroatoms. The molecule has 0 amide bonds. The van der Waals surface area contributed by atoms with Crippen LogP contribution in [0, 0.1) is 0 Å². The number of carbonyl (C=O) groups is 1. The molecule has 0 fully saturated rings. The molecule has 0 aliphatic carbocycles. The van der Waals surface area contributed by atoms with E-state index in [9.17, 15) is 9.90 Å². The van der Waals surface area contributed by atoms with Crippen molar-refractivity contribution in [1.29, 1.82) is 0 Å². The molecule has 0 heterocycles. The third kappa shape index (κ3) is 7.77. The minimum absolute atomic E-state index is 0.291. The van der Waals surface area contributed by atoms with Crippen LogP contribution < -0.4 is 0 Å². The van der Waals surface area contributed by atoms with E-state index in [-0.39, 0.29) is 6.10 Å². The topological polar surface area (TPSA) is 66.8 Å². The normalized spacial score (nSPS) is 12.9. The van der Waals surface area contributed by atoms with Gasteiger partial charge in [-0.2, -0.15) is 0 Å². The molecule has 1 rings (SSSR count). The lowest BCUT2D eigenvalue weighted by molar-refractivity contribution is 0.00613. The summed E-state index contributed by atoms with van der Waals surface area (Å²) in [4.78, 5) is 10.1. The van der Waals surface area contributed by atoms with E-state index in [4.69, 9.17) is 39.9 Å². The fourth-order valence-electron chi connectivity index (χ4n) is 1.19. The maximum absolute atomic E-state index is 10.1. The Morgan fingerprint density at radius 3 is 2.00 bits per heavy atom. The van der Waals surface area contributed by atoms with Crippen LogP contribution in [0.15, 0.2) is 30.3 Å². The highest BCUT2D eigenvalue weighted by molar-refractivity contribution is 6.68. The van der Waals surface area contributed by atoms with Gasteiger partial charge >= 0.3 is 6.16 Å². The third-order valence-electron chi connectivity index (χ3n) is 2.60. The van der Waals surface area contributed by atoms with Gasteiger partial charge in [-0.15, -0.1) is 0 Å². The first-order valence-corrected chi connectivity index (χ1v) is 7.36. The summed E-state index contributed by atoms with van der Waals surface area (Å²) < 4.78 is 2.56. The van der Waals surface area contributed by atoms with Crippen LogP contribution in [0.1, 0.15) is 38.9 Å². The van der Waals surface area contributed by atoms with Crippen LogP contribution in [-0.2, 0) is 4.74 Å². The molecule has 2 N–H and O–H groups in total. The molecule has 1 atom stereocenters. The standard InChI is InChI=1S/C9H12O.C5H7Cl3O3/c1-2-9(10)8-6-4-3-5-7-8;1-4(2,5(6,7)8)11-3(9)10/h3-7,9-10H,2H2,1H3;1-2H3,(H,9,10). The van der Waals surface area contributed by atoms with Crippen molar-refractivity contribution >= 4 is 41.0 Å². The van der Waals surface area contributed by atoms with Crippen LogP contribution in [0.5, 0.6) is 0 Å². The number of rotatable bonds is 3. The fourth-order valence-corrected chi connectivity index (χ4v) is 1.30. The summed E-state index contributed by atoms with van der Waals surface area (Å²) in [6, 6.07) is 9.70. The van der Waals surface area contributed by atoms with Crippen LogP contribution in [0.3, 0.4) is 0 Å². The Labute approximate surface area is 139 Å². The SMILES string of the molecule is CC(C)(OC(=O)O)C(Cl)(Cl)Cl.CCC(O)c1ccccc1. The van der Waals surface area contributed by atoms with Gasteiger partial charge in [0.25, 0.3) is 0 Å². The van der Waals surface area contributed by atoms with E-state index < -0.39 is 15.5 Å². The number of ether oxygens (including phenoxy) is 1. The molecule has 0 saturated heterocycles. The lowest BCUT2D eigenvalue weighted by atomic mass is 10.1. The highest BCUT2D eigenvalue weighted by atomic mass is 35.6. The minimum Gasteiger partial charge on any atom is -0.450 e. The maximum atomic E-state index is 10.1. The van der Waals surface area contributed by atoms with Crippen molar-refractivity contribution in [2.24, 2.45) is 0 Å². The molecule has 1 aromatic carbocycles. The number of alkyl halides is 3. The molecule has 0 aromatic heterocycles. The van der Waals surface area contributed by atoms with Gasteiger partial charge in [0.15, 0.2) is 5.60 Å². The smallest absolute Gasteiger partial charge is 0.450 e. The second-order valence-corrected chi connectivity index (χ2v) is 6.99. The average Bonchev–Trinajstić information content (AvgIpc) is 2.37. The summed E-state index contributed by atoms with van der Waals surface area (Å²) >= 11 is 16.2. The van der Waals surface area contributed by atoms with Crippen molar-refractivity contribution in [3.8, 4) is 0 Å². The summed E-state index contributed by atoms with van der Waals surface area (Å²) in [5.74, 6) is 0. The summed E-state index contributed by atoms with van der Waals surface area (Å²) in [5.41, 5.74) is -0.339. The molecule has 1 unspecified atom stereocenters. The van der Waals surface area contributed by atoms with E-state index >= 15 is 0 Å². The lowest BCUT2D eigenvalue weighted by Gasteiger charge is -2.30. The molecular formula is C14H19Cl3O4. The molecule has 0 aliphatic heterocycles. The van der Waals surface area contributed by atoms with Crippen molar-refractivity contribution < 1.29 is 19.7 Å². The zero-order chi connectivity index (χ0) is 16.7. The summed E-state index contributed by atoms with van der Waals surface area (Å²) in [6.45, 7) is 4.71. The summed E-state index contributed by atoms with van der Waals surface area (Å²) in [7, 11) is 0. The number of aliphatic hydroxyl groups is 1. The van der Waals surface area contributed by atoms with Crippen molar-refractivity contribution in [2.75, 3.05) is 0 Å². The monoisotopic (exact) mass is 356 g/mol. The Balaban J connectivity index is 0.000000382. The van der Waals surface area contributed by atoms with Crippen LogP contribution in [0.4, 0.5) is 4.79 Å². The summed E-state index contributed by atoms with van der Waals surface area (Å²) in [5, 5.41) is 17.5. The van der Waals surface area contributed by atoms with E-state index in [0.717, 1.165) is 12.0 Å².